The summed E-state index contributed by atoms with van der Waals surface area (Å²) in [6.07, 6.45) is 3.45. The third kappa shape index (κ3) is 3.94. The normalized spacial score (nSPS) is 18.5. The van der Waals surface area contributed by atoms with E-state index < -0.39 is 15.9 Å². The highest BCUT2D eigenvalue weighted by Crippen LogP contribution is 2.38. The highest BCUT2D eigenvalue weighted by Gasteiger charge is 2.33. The number of hydrogen-bond acceptors (Lipinski definition) is 4. The van der Waals surface area contributed by atoms with Gasteiger partial charge in [0.2, 0.25) is 0 Å². The number of hydrogen-bond donors (Lipinski definition) is 1. The number of benzene rings is 2. The smallest absolute Gasteiger partial charge is 0.286 e. The molecule has 2 aromatic rings. The van der Waals surface area contributed by atoms with E-state index in [1.165, 1.54) is 6.07 Å². The molecule has 0 saturated carbocycles. The Balaban J connectivity index is 1.69. The maximum absolute atomic E-state index is 12.9. The predicted octanol–water partition coefficient (Wildman–Crippen LogP) is 4.97. The standard InChI is InChI=1S/C21H21Cl2N3O3S/c1-13(14-7-4-5-8-16(14)22)24-21(27)15-11-19-18(12-17(15)23)26-10-6-2-3-9-20(26)25-30(19,28)29/h4-5,7-8,11-13H,2-3,6,9-10H2,1H3,(H,24,27)/t13-/m1/s1. The van der Waals surface area contributed by atoms with E-state index in [0.29, 0.717) is 29.5 Å². The number of halogens is 2. The first-order chi connectivity index (χ1) is 14.3. The molecule has 1 amide bonds. The summed E-state index contributed by atoms with van der Waals surface area (Å²) in [6.45, 7) is 2.47. The molecule has 2 aliphatic rings. The van der Waals surface area contributed by atoms with Crippen molar-refractivity contribution >= 4 is 50.7 Å². The van der Waals surface area contributed by atoms with Crippen molar-refractivity contribution < 1.29 is 13.2 Å². The van der Waals surface area contributed by atoms with Crippen LogP contribution in [0.4, 0.5) is 5.69 Å². The Hall–Kier alpha value is -2.09. The van der Waals surface area contributed by atoms with E-state index in [0.717, 1.165) is 24.8 Å². The fourth-order valence-corrected chi connectivity index (χ4v) is 5.66. The first-order valence-electron chi connectivity index (χ1n) is 9.78. The molecule has 0 unspecified atom stereocenters. The third-order valence-electron chi connectivity index (χ3n) is 5.40. The second kappa shape index (κ2) is 8.21. The van der Waals surface area contributed by atoms with Gasteiger partial charge < -0.3 is 10.2 Å². The number of carbonyl (C=O) groups is 1. The third-order valence-corrected chi connectivity index (χ3v) is 7.39. The molecule has 2 aromatic carbocycles. The van der Waals surface area contributed by atoms with Gasteiger partial charge in [0.1, 0.15) is 10.7 Å². The molecule has 1 fully saturated rings. The molecule has 9 heteroatoms. The average Bonchev–Trinajstić information content (AvgIpc) is 2.92. The number of sulfonamides is 1. The molecule has 30 heavy (non-hydrogen) atoms. The molecule has 1 saturated heterocycles. The van der Waals surface area contributed by atoms with Gasteiger partial charge in [0.15, 0.2) is 0 Å². The van der Waals surface area contributed by atoms with Crippen molar-refractivity contribution in [2.24, 2.45) is 4.40 Å². The molecule has 0 bridgehead atoms. The van der Waals surface area contributed by atoms with E-state index >= 15 is 0 Å². The van der Waals surface area contributed by atoms with E-state index in [-0.39, 0.29) is 21.5 Å². The number of rotatable bonds is 3. The van der Waals surface area contributed by atoms with Gasteiger partial charge in [-0.25, -0.2) is 0 Å². The van der Waals surface area contributed by atoms with Gasteiger partial charge in [-0.05, 0) is 43.5 Å². The number of amides is 1. The molecule has 6 nitrogen and oxygen atoms in total. The van der Waals surface area contributed by atoms with Crippen LogP contribution in [0.5, 0.6) is 0 Å². The van der Waals surface area contributed by atoms with Crippen molar-refractivity contribution in [1.29, 1.82) is 0 Å². The number of carbonyl (C=O) groups excluding carboxylic acids is 1. The van der Waals surface area contributed by atoms with E-state index in [1.54, 1.807) is 19.1 Å². The van der Waals surface area contributed by atoms with E-state index in [4.69, 9.17) is 23.2 Å². The van der Waals surface area contributed by atoms with Gasteiger partial charge in [0, 0.05) is 18.0 Å². The number of nitrogens with zero attached hydrogens (tertiary/aromatic N) is 2. The zero-order valence-electron chi connectivity index (χ0n) is 16.4. The summed E-state index contributed by atoms with van der Waals surface area (Å²) in [5, 5.41) is 3.57. The number of nitrogens with one attached hydrogen (secondary N) is 1. The summed E-state index contributed by atoms with van der Waals surface area (Å²) >= 11 is 12.6. The lowest BCUT2D eigenvalue weighted by Gasteiger charge is -2.30. The van der Waals surface area contributed by atoms with Crippen LogP contribution in [0.25, 0.3) is 0 Å². The van der Waals surface area contributed by atoms with Gasteiger partial charge in [-0.1, -0.05) is 47.8 Å². The Morgan fingerprint density at radius 3 is 2.67 bits per heavy atom. The monoisotopic (exact) mass is 465 g/mol. The second-order valence-corrected chi connectivity index (χ2v) is 9.85. The molecule has 158 valence electrons. The Morgan fingerprint density at radius 2 is 1.90 bits per heavy atom. The average molecular weight is 466 g/mol. The van der Waals surface area contributed by atoms with Crippen LogP contribution < -0.4 is 10.2 Å². The second-order valence-electron chi connectivity index (χ2n) is 7.46. The zero-order valence-corrected chi connectivity index (χ0v) is 18.7. The maximum Gasteiger partial charge on any atom is 0.286 e. The first-order valence-corrected chi connectivity index (χ1v) is 12.0. The lowest BCUT2D eigenvalue weighted by atomic mass is 10.1. The minimum absolute atomic E-state index is 0.00750. The fraction of sp³-hybridized carbons (Fsp3) is 0.333. The minimum atomic E-state index is -3.90. The van der Waals surface area contributed by atoms with Gasteiger partial charge in [-0.3, -0.25) is 4.79 Å². The lowest BCUT2D eigenvalue weighted by Crippen LogP contribution is -2.35. The molecule has 2 heterocycles. The van der Waals surface area contributed by atoms with Crippen LogP contribution in [0.15, 0.2) is 45.7 Å². The van der Waals surface area contributed by atoms with Gasteiger partial charge in [-0.2, -0.15) is 8.42 Å². The number of fused-ring (bicyclic) bond motifs is 3. The maximum atomic E-state index is 12.9. The summed E-state index contributed by atoms with van der Waals surface area (Å²) in [7, 11) is -3.90. The van der Waals surface area contributed by atoms with Crippen molar-refractivity contribution in [3.05, 3.63) is 57.6 Å². The molecule has 0 spiro atoms. The largest absolute Gasteiger partial charge is 0.345 e. The molecular weight excluding hydrogens is 445 g/mol. The molecule has 1 N–H and O–H groups in total. The fourth-order valence-electron chi connectivity index (χ4n) is 3.85. The SMILES string of the molecule is C[C@@H](NC(=O)c1cc2c(cc1Cl)N1CCCCCC1=NS2(=O)=O)c1ccccc1Cl. The Bertz CT molecular complexity index is 1150. The van der Waals surface area contributed by atoms with Crippen LogP contribution in [0.2, 0.25) is 10.0 Å². The molecule has 0 aromatic heterocycles. The van der Waals surface area contributed by atoms with Crippen molar-refractivity contribution in [3.63, 3.8) is 0 Å². The summed E-state index contributed by atoms with van der Waals surface area (Å²) < 4.78 is 29.6. The number of anilines is 1. The topological polar surface area (TPSA) is 78.8 Å². The van der Waals surface area contributed by atoms with Crippen molar-refractivity contribution in [3.8, 4) is 0 Å². The molecule has 1 atom stereocenters. The summed E-state index contributed by atoms with van der Waals surface area (Å²) in [6, 6.07) is 9.71. The number of amidine groups is 1. The molecular formula is C21H21Cl2N3O3S. The van der Waals surface area contributed by atoms with E-state index in [1.807, 2.05) is 23.1 Å². The Morgan fingerprint density at radius 1 is 1.13 bits per heavy atom. The Labute approximate surface area is 185 Å². The minimum Gasteiger partial charge on any atom is -0.345 e. The van der Waals surface area contributed by atoms with Crippen LogP contribution in [0.1, 0.15) is 54.6 Å². The molecule has 4 rings (SSSR count). The Kier molecular flexibility index (Phi) is 5.79. The van der Waals surface area contributed by atoms with Gasteiger partial charge in [0.25, 0.3) is 15.9 Å². The molecule has 0 radical (unpaired) electrons. The van der Waals surface area contributed by atoms with E-state index in [2.05, 4.69) is 9.71 Å². The molecule has 2 aliphatic heterocycles. The van der Waals surface area contributed by atoms with Crippen molar-refractivity contribution in [2.45, 2.75) is 43.5 Å². The predicted molar refractivity (Wildman–Crippen MR) is 119 cm³/mol. The van der Waals surface area contributed by atoms with Crippen LogP contribution in [-0.2, 0) is 10.0 Å². The van der Waals surface area contributed by atoms with Crippen LogP contribution in [0, 0.1) is 0 Å². The molecule has 0 aliphatic carbocycles. The highest BCUT2D eigenvalue weighted by molar-refractivity contribution is 7.90. The van der Waals surface area contributed by atoms with Crippen LogP contribution in [-0.4, -0.2) is 26.7 Å². The van der Waals surface area contributed by atoms with E-state index in [9.17, 15) is 13.2 Å². The quantitative estimate of drug-likeness (QED) is 0.693. The summed E-state index contributed by atoms with van der Waals surface area (Å²) in [4.78, 5) is 14.8. The van der Waals surface area contributed by atoms with Crippen LogP contribution in [0.3, 0.4) is 0 Å². The van der Waals surface area contributed by atoms with Crippen molar-refractivity contribution in [1.82, 2.24) is 5.32 Å². The van der Waals surface area contributed by atoms with Gasteiger partial charge in [-0.15, -0.1) is 4.40 Å². The summed E-state index contributed by atoms with van der Waals surface area (Å²) in [5.41, 5.74) is 1.34. The summed E-state index contributed by atoms with van der Waals surface area (Å²) in [5.74, 6) is 0.0664. The van der Waals surface area contributed by atoms with Gasteiger partial charge in [0.05, 0.1) is 22.3 Å². The van der Waals surface area contributed by atoms with Crippen LogP contribution >= 0.6 is 23.2 Å². The van der Waals surface area contributed by atoms with Gasteiger partial charge >= 0.3 is 0 Å². The zero-order chi connectivity index (χ0) is 21.5. The highest BCUT2D eigenvalue weighted by atomic mass is 35.5. The first kappa shape index (κ1) is 21.2. The lowest BCUT2D eigenvalue weighted by molar-refractivity contribution is 0.0940. The van der Waals surface area contributed by atoms with Crippen molar-refractivity contribution in [2.75, 3.05) is 11.4 Å².